The topological polar surface area (TPSA) is 84.3 Å². The maximum atomic E-state index is 13.7. The number of hydrogen-bond acceptors (Lipinski definition) is 4. The molecular weight excluding hydrogens is 436 g/mol. The molecule has 33 heavy (non-hydrogen) atoms. The predicted molar refractivity (Wildman–Crippen MR) is 132 cm³/mol. The van der Waals surface area contributed by atoms with Crippen LogP contribution in [-0.4, -0.2) is 37.2 Å². The Morgan fingerprint density at radius 3 is 2.42 bits per heavy atom. The van der Waals surface area contributed by atoms with Gasteiger partial charge in [-0.15, -0.1) is 0 Å². The molecule has 3 rings (SSSR count). The zero-order valence-electron chi connectivity index (χ0n) is 20.4. The van der Waals surface area contributed by atoms with Crippen LogP contribution in [0.5, 0.6) is 0 Å². The number of aryl methyl sites for hydroxylation is 2. The Morgan fingerprint density at radius 1 is 1.18 bits per heavy atom. The molecule has 0 fully saturated rings. The van der Waals surface area contributed by atoms with Crippen LogP contribution in [0.3, 0.4) is 0 Å². The van der Waals surface area contributed by atoms with Gasteiger partial charge in [-0.1, -0.05) is 37.6 Å². The lowest BCUT2D eigenvalue weighted by Crippen LogP contribution is -2.41. The van der Waals surface area contributed by atoms with Crippen LogP contribution in [0.1, 0.15) is 68.8 Å². The number of allylic oxidation sites excluding steroid dienone is 1. The van der Waals surface area contributed by atoms with Crippen molar-refractivity contribution in [2.75, 3.05) is 17.4 Å². The Balaban J connectivity index is 1.85. The van der Waals surface area contributed by atoms with Crippen LogP contribution in [0, 0.1) is 13.8 Å². The van der Waals surface area contributed by atoms with Crippen molar-refractivity contribution in [3.63, 3.8) is 0 Å². The van der Waals surface area contributed by atoms with E-state index in [0.29, 0.717) is 29.5 Å². The molecule has 0 spiro atoms. The maximum absolute atomic E-state index is 13.7. The van der Waals surface area contributed by atoms with Crippen molar-refractivity contribution in [3.05, 3.63) is 52.9 Å². The first kappa shape index (κ1) is 25.0. The van der Waals surface area contributed by atoms with E-state index in [-0.39, 0.29) is 17.3 Å². The van der Waals surface area contributed by atoms with Crippen molar-refractivity contribution < 1.29 is 13.2 Å². The normalized spacial score (nSPS) is 14.3. The van der Waals surface area contributed by atoms with E-state index in [1.807, 2.05) is 12.1 Å². The number of carbonyl (C=O) groups is 1. The third-order valence-electron chi connectivity index (χ3n) is 6.28. The van der Waals surface area contributed by atoms with E-state index in [0.717, 1.165) is 24.8 Å². The van der Waals surface area contributed by atoms with Gasteiger partial charge < -0.3 is 5.32 Å². The fourth-order valence-corrected chi connectivity index (χ4v) is 6.09. The van der Waals surface area contributed by atoms with Gasteiger partial charge in [0.15, 0.2) is 0 Å². The van der Waals surface area contributed by atoms with Gasteiger partial charge in [-0.3, -0.25) is 13.8 Å². The van der Waals surface area contributed by atoms with Crippen molar-refractivity contribution in [3.8, 4) is 0 Å². The summed E-state index contributed by atoms with van der Waals surface area (Å²) in [4.78, 5) is 13.0. The lowest BCUT2D eigenvalue weighted by Gasteiger charge is -2.25. The number of sulfonamides is 1. The second-order valence-electron chi connectivity index (χ2n) is 9.09. The number of aromatic nitrogens is 2. The van der Waals surface area contributed by atoms with Crippen molar-refractivity contribution in [1.29, 1.82) is 0 Å². The van der Waals surface area contributed by atoms with Crippen LogP contribution in [0.2, 0.25) is 0 Å². The number of nitrogens with one attached hydrogen (secondary N) is 1. The number of benzene rings is 1. The Morgan fingerprint density at radius 2 is 1.88 bits per heavy atom. The molecule has 1 aromatic heterocycles. The van der Waals surface area contributed by atoms with Crippen LogP contribution in [-0.2, 0) is 21.9 Å². The minimum Gasteiger partial charge on any atom is -0.354 e. The zero-order chi connectivity index (χ0) is 24.2. The highest BCUT2D eigenvalue weighted by molar-refractivity contribution is 7.93. The van der Waals surface area contributed by atoms with Gasteiger partial charge >= 0.3 is 0 Å². The molecule has 2 aromatic rings. The molecule has 0 bridgehead atoms. The van der Waals surface area contributed by atoms with E-state index in [4.69, 9.17) is 0 Å². The Bertz CT molecular complexity index is 1120. The molecule has 1 aliphatic carbocycles. The van der Waals surface area contributed by atoms with Gasteiger partial charge in [0.25, 0.3) is 10.0 Å². The number of rotatable bonds is 9. The molecule has 8 heteroatoms. The van der Waals surface area contributed by atoms with E-state index in [9.17, 15) is 13.2 Å². The van der Waals surface area contributed by atoms with Crippen molar-refractivity contribution in [1.82, 2.24) is 15.1 Å². The maximum Gasteiger partial charge on any atom is 0.268 e. The van der Waals surface area contributed by atoms with Gasteiger partial charge in [-0.2, -0.15) is 5.10 Å². The first-order chi connectivity index (χ1) is 15.6. The van der Waals surface area contributed by atoms with Gasteiger partial charge in [0, 0.05) is 13.6 Å². The molecule has 0 atom stereocenters. The second kappa shape index (κ2) is 10.5. The SMILES string of the molecule is Cc1nn(C)c(C)c1S(=O)(=O)N(CC(=O)NCCC1=CCCCC1)c1ccc(C(C)C)cc1. The fraction of sp³-hybridized carbons (Fsp3) is 0.520. The number of anilines is 1. The quantitative estimate of drug-likeness (QED) is 0.550. The third-order valence-corrected chi connectivity index (χ3v) is 8.31. The summed E-state index contributed by atoms with van der Waals surface area (Å²) in [5.41, 5.74) is 3.91. The highest BCUT2D eigenvalue weighted by Gasteiger charge is 2.32. The molecule has 0 saturated carbocycles. The van der Waals surface area contributed by atoms with Crippen LogP contribution in [0.25, 0.3) is 0 Å². The summed E-state index contributed by atoms with van der Waals surface area (Å²) in [6.45, 7) is 7.80. The molecule has 0 radical (unpaired) electrons. The highest BCUT2D eigenvalue weighted by atomic mass is 32.2. The molecule has 1 amide bonds. The molecule has 1 aromatic carbocycles. The Labute approximate surface area is 197 Å². The minimum atomic E-state index is -3.99. The standard InChI is InChI=1S/C25H36N4O3S/c1-18(2)22-11-13-23(14-12-22)29(33(31,32)25-19(3)27-28(5)20(25)4)17-24(30)26-16-15-21-9-7-6-8-10-21/h9,11-14,18H,6-8,10,15-17H2,1-5H3,(H,26,30). The van der Waals surface area contributed by atoms with E-state index >= 15 is 0 Å². The summed E-state index contributed by atoms with van der Waals surface area (Å²) >= 11 is 0. The number of amides is 1. The van der Waals surface area contributed by atoms with Crippen LogP contribution >= 0.6 is 0 Å². The monoisotopic (exact) mass is 472 g/mol. The Hall–Kier alpha value is -2.61. The summed E-state index contributed by atoms with van der Waals surface area (Å²) < 4.78 is 30.2. The zero-order valence-corrected chi connectivity index (χ0v) is 21.2. The van der Waals surface area contributed by atoms with E-state index in [2.05, 4.69) is 30.3 Å². The highest BCUT2D eigenvalue weighted by Crippen LogP contribution is 2.29. The minimum absolute atomic E-state index is 0.151. The molecule has 0 unspecified atom stereocenters. The summed E-state index contributed by atoms with van der Waals surface area (Å²) in [7, 11) is -2.27. The van der Waals surface area contributed by atoms with Crippen molar-refractivity contribution in [2.24, 2.45) is 7.05 Å². The van der Waals surface area contributed by atoms with E-state index in [1.165, 1.54) is 22.7 Å². The molecule has 7 nitrogen and oxygen atoms in total. The summed E-state index contributed by atoms with van der Waals surface area (Å²) in [6, 6.07) is 7.37. The van der Waals surface area contributed by atoms with Gasteiger partial charge in [0.05, 0.1) is 17.1 Å². The van der Waals surface area contributed by atoms with Gasteiger partial charge in [-0.25, -0.2) is 8.42 Å². The van der Waals surface area contributed by atoms with Crippen LogP contribution in [0.15, 0.2) is 40.8 Å². The number of nitrogens with zero attached hydrogens (tertiary/aromatic N) is 3. The van der Waals surface area contributed by atoms with Crippen LogP contribution in [0.4, 0.5) is 5.69 Å². The molecule has 1 N–H and O–H groups in total. The summed E-state index contributed by atoms with van der Waals surface area (Å²) in [6.07, 6.45) is 7.68. The van der Waals surface area contributed by atoms with Gasteiger partial charge in [0.1, 0.15) is 11.4 Å². The lowest BCUT2D eigenvalue weighted by molar-refractivity contribution is -0.119. The van der Waals surface area contributed by atoms with Gasteiger partial charge in [0.2, 0.25) is 5.91 Å². The second-order valence-corrected chi connectivity index (χ2v) is 10.9. The Kier molecular flexibility index (Phi) is 8.00. The summed E-state index contributed by atoms with van der Waals surface area (Å²) in [5, 5.41) is 7.19. The first-order valence-corrected chi connectivity index (χ1v) is 13.1. The van der Waals surface area contributed by atoms with E-state index in [1.54, 1.807) is 37.7 Å². The smallest absolute Gasteiger partial charge is 0.268 e. The average Bonchev–Trinajstić information content (AvgIpc) is 3.04. The largest absolute Gasteiger partial charge is 0.354 e. The van der Waals surface area contributed by atoms with Gasteiger partial charge in [-0.05, 0) is 69.6 Å². The molecule has 180 valence electrons. The van der Waals surface area contributed by atoms with Crippen molar-refractivity contribution in [2.45, 2.75) is 70.6 Å². The third kappa shape index (κ3) is 5.85. The summed E-state index contributed by atoms with van der Waals surface area (Å²) in [5.74, 6) is 0.00595. The number of hydrogen-bond donors (Lipinski definition) is 1. The number of carbonyl (C=O) groups excluding carboxylic acids is 1. The predicted octanol–water partition coefficient (Wildman–Crippen LogP) is 4.36. The molecule has 0 aliphatic heterocycles. The molecular formula is C25H36N4O3S. The first-order valence-electron chi connectivity index (χ1n) is 11.7. The fourth-order valence-electron chi connectivity index (χ4n) is 4.26. The molecule has 1 aliphatic rings. The van der Waals surface area contributed by atoms with E-state index < -0.39 is 10.0 Å². The molecule has 1 heterocycles. The lowest BCUT2D eigenvalue weighted by atomic mass is 9.97. The average molecular weight is 473 g/mol. The van der Waals surface area contributed by atoms with Crippen LogP contribution < -0.4 is 9.62 Å². The molecule has 0 saturated heterocycles. The van der Waals surface area contributed by atoms with Crippen molar-refractivity contribution >= 4 is 21.6 Å².